The summed E-state index contributed by atoms with van der Waals surface area (Å²) >= 11 is 5.89. The molecule has 0 bridgehead atoms. The molecule has 0 aliphatic carbocycles. The molecule has 1 atom stereocenters. The first kappa shape index (κ1) is 10.9. The van der Waals surface area contributed by atoms with Gasteiger partial charge in [0.2, 0.25) is 5.91 Å². The van der Waals surface area contributed by atoms with Crippen LogP contribution in [0.1, 0.15) is 6.42 Å². The fourth-order valence-electron chi connectivity index (χ4n) is 1.65. The smallest absolute Gasteiger partial charge is 0.308 e. The molecular formula is C10H9ClN2O3. The summed E-state index contributed by atoms with van der Waals surface area (Å²) in [5.74, 6) is -1.57. The maximum absolute atomic E-state index is 11.6. The average Bonchev–Trinajstić information content (AvgIpc) is 2.61. The van der Waals surface area contributed by atoms with E-state index in [9.17, 15) is 9.59 Å². The average molecular weight is 241 g/mol. The minimum absolute atomic E-state index is 0.00222. The van der Waals surface area contributed by atoms with E-state index in [0.717, 1.165) is 0 Å². The number of aromatic nitrogens is 1. The SMILES string of the molecule is O=C(O)C1CC(=O)N(c2ncccc2Cl)C1. The van der Waals surface area contributed by atoms with Gasteiger partial charge in [-0.1, -0.05) is 11.6 Å². The van der Waals surface area contributed by atoms with E-state index >= 15 is 0 Å². The Bertz CT molecular complexity index is 449. The van der Waals surface area contributed by atoms with Gasteiger partial charge in [0.05, 0.1) is 10.9 Å². The Morgan fingerprint density at radius 1 is 1.62 bits per heavy atom. The first-order valence-electron chi connectivity index (χ1n) is 4.73. The van der Waals surface area contributed by atoms with Gasteiger partial charge in [-0.15, -0.1) is 0 Å². The van der Waals surface area contributed by atoms with Crippen LogP contribution in [0.3, 0.4) is 0 Å². The molecule has 6 heteroatoms. The summed E-state index contributed by atoms with van der Waals surface area (Å²) in [5.41, 5.74) is 0. The molecule has 1 aliphatic heterocycles. The lowest BCUT2D eigenvalue weighted by atomic mass is 10.1. The molecule has 1 saturated heterocycles. The van der Waals surface area contributed by atoms with E-state index in [-0.39, 0.29) is 18.9 Å². The number of nitrogens with zero attached hydrogens (tertiary/aromatic N) is 2. The minimum atomic E-state index is -0.970. The molecule has 0 aromatic carbocycles. The van der Waals surface area contributed by atoms with Crippen molar-refractivity contribution in [2.75, 3.05) is 11.4 Å². The zero-order valence-electron chi connectivity index (χ0n) is 8.26. The Balaban J connectivity index is 2.27. The number of carbonyl (C=O) groups excluding carboxylic acids is 1. The number of carbonyl (C=O) groups is 2. The molecule has 2 heterocycles. The van der Waals surface area contributed by atoms with E-state index in [4.69, 9.17) is 16.7 Å². The van der Waals surface area contributed by atoms with Crippen molar-refractivity contribution in [2.24, 2.45) is 5.92 Å². The van der Waals surface area contributed by atoms with Gasteiger partial charge in [0.15, 0.2) is 5.82 Å². The molecule has 1 unspecified atom stereocenters. The second kappa shape index (κ2) is 4.09. The summed E-state index contributed by atoms with van der Waals surface area (Å²) in [6.45, 7) is 0.130. The zero-order valence-corrected chi connectivity index (χ0v) is 9.02. The van der Waals surface area contributed by atoms with Gasteiger partial charge in [-0.25, -0.2) is 4.98 Å². The van der Waals surface area contributed by atoms with E-state index in [1.807, 2.05) is 0 Å². The van der Waals surface area contributed by atoms with Crippen LogP contribution in [-0.2, 0) is 9.59 Å². The lowest BCUT2D eigenvalue weighted by Crippen LogP contribution is -2.26. The number of pyridine rings is 1. The van der Waals surface area contributed by atoms with Crippen LogP contribution in [0.15, 0.2) is 18.3 Å². The number of anilines is 1. The molecular weight excluding hydrogens is 232 g/mol. The van der Waals surface area contributed by atoms with Gasteiger partial charge in [-0.2, -0.15) is 0 Å². The summed E-state index contributed by atoms with van der Waals surface area (Å²) in [7, 11) is 0. The van der Waals surface area contributed by atoms with Crippen molar-refractivity contribution < 1.29 is 14.7 Å². The standard InChI is InChI=1S/C10H9ClN2O3/c11-7-2-1-3-12-9(7)13-5-6(10(15)16)4-8(13)14/h1-3,6H,4-5H2,(H,15,16). The Morgan fingerprint density at radius 3 is 2.94 bits per heavy atom. The predicted molar refractivity (Wildman–Crippen MR) is 57.3 cm³/mol. The number of aliphatic carboxylic acids is 1. The number of hydrogen-bond acceptors (Lipinski definition) is 3. The van der Waals surface area contributed by atoms with Gasteiger partial charge in [-0.3, -0.25) is 14.5 Å². The molecule has 1 N–H and O–H groups in total. The normalized spacial score (nSPS) is 20.2. The maximum atomic E-state index is 11.6. The topological polar surface area (TPSA) is 70.5 Å². The van der Waals surface area contributed by atoms with Gasteiger partial charge in [0.1, 0.15) is 0 Å². The summed E-state index contributed by atoms with van der Waals surface area (Å²) in [6.07, 6.45) is 1.52. The van der Waals surface area contributed by atoms with Gasteiger partial charge >= 0.3 is 5.97 Å². The number of hydrogen-bond donors (Lipinski definition) is 1. The van der Waals surface area contributed by atoms with Crippen molar-refractivity contribution in [1.29, 1.82) is 0 Å². The largest absolute Gasteiger partial charge is 0.481 e. The molecule has 5 nitrogen and oxygen atoms in total. The molecule has 16 heavy (non-hydrogen) atoms. The lowest BCUT2D eigenvalue weighted by molar-refractivity contribution is -0.141. The predicted octanol–water partition coefficient (Wildman–Crippen LogP) is 1.17. The Morgan fingerprint density at radius 2 is 2.38 bits per heavy atom. The lowest BCUT2D eigenvalue weighted by Gasteiger charge is -2.15. The molecule has 1 aromatic rings. The van der Waals surface area contributed by atoms with Crippen molar-refractivity contribution in [3.63, 3.8) is 0 Å². The van der Waals surface area contributed by atoms with Crippen LogP contribution in [0, 0.1) is 5.92 Å². The van der Waals surface area contributed by atoms with Crippen LogP contribution in [0.4, 0.5) is 5.82 Å². The maximum Gasteiger partial charge on any atom is 0.308 e. The van der Waals surface area contributed by atoms with Crippen molar-refractivity contribution in [1.82, 2.24) is 4.98 Å². The van der Waals surface area contributed by atoms with Crippen LogP contribution >= 0.6 is 11.6 Å². The van der Waals surface area contributed by atoms with E-state index < -0.39 is 11.9 Å². The summed E-state index contributed by atoms with van der Waals surface area (Å²) in [4.78, 5) is 27.7. The van der Waals surface area contributed by atoms with Gasteiger partial charge in [0, 0.05) is 19.2 Å². The number of halogens is 1. The van der Waals surface area contributed by atoms with Crippen molar-refractivity contribution in [2.45, 2.75) is 6.42 Å². The highest BCUT2D eigenvalue weighted by molar-refractivity contribution is 6.33. The quantitative estimate of drug-likeness (QED) is 0.843. The molecule has 0 radical (unpaired) electrons. The van der Waals surface area contributed by atoms with Crippen molar-refractivity contribution >= 4 is 29.3 Å². The van der Waals surface area contributed by atoms with E-state index in [1.54, 1.807) is 12.1 Å². The number of carboxylic acids is 1. The van der Waals surface area contributed by atoms with Crippen LogP contribution in [0.2, 0.25) is 5.02 Å². The van der Waals surface area contributed by atoms with Crippen molar-refractivity contribution in [3.05, 3.63) is 23.4 Å². The monoisotopic (exact) mass is 240 g/mol. The van der Waals surface area contributed by atoms with E-state index in [1.165, 1.54) is 11.1 Å². The minimum Gasteiger partial charge on any atom is -0.481 e. The van der Waals surface area contributed by atoms with Gasteiger partial charge < -0.3 is 5.11 Å². The third-order valence-corrected chi connectivity index (χ3v) is 2.76. The highest BCUT2D eigenvalue weighted by atomic mass is 35.5. The first-order valence-corrected chi connectivity index (χ1v) is 5.11. The molecule has 1 aliphatic rings. The van der Waals surface area contributed by atoms with Gasteiger partial charge in [-0.05, 0) is 12.1 Å². The highest BCUT2D eigenvalue weighted by Gasteiger charge is 2.36. The summed E-state index contributed by atoms with van der Waals surface area (Å²) < 4.78 is 0. The van der Waals surface area contributed by atoms with E-state index in [0.29, 0.717) is 10.8 Å². The Kier molecular flexibility index (Phi) is 2.78. The van der Waals surface area contributed by atoms with Crippen LogP contribution in [0.5, 0.6) is 0 Å². The third-order valence-electron chi connectivity index (χ3n) is 2.47. The van der Waals surface area contributed by atoms with Crippen LogP contribution in [-0.4, -0.2) is 28.5 Å². The number of carboxylic acid groups (broad SMARTS) is 1. The fourth-order valence-corrected chi connectivity index (χ4v) is 1.88. The molecule has 1 fully saturated rings. The summed E-state index contributed by atoms with van der Waals surface area (Å²) in [5, 5.41) is 9.18. The Labute approximate surface area is 96.7 Å². The molecule has 84 valence electrons. The number of rotatable bonds is 2. The summed E-state index contributed by atoms with van der Waals surface area (Å²) in [6, 6.07) is 3.27. The molecule has 2 rings (SSSR count). The van der Waals surface area contributed by atoms with Crippen LogP contribution < -0.4 is 4.90 Å². The van der Waals surface area contributed by atoms with E-state index in [2.05, 4.69) is 4.98 Å². The third kappa shape index (κ3) is 1.86. The molecule has 0 spiro atoms. The highest BCUT2D eigenvalue weighted by Crippen LogP contribution is 2.28. The molecule has 1 aromatic heterocycles. The molecule has 0 saturated carbocycles. The van der Waals surface area contributed by atoms with Gasteiger partial charge in [0.25, 0.3) is 0 Å². The second-order valence-corrected chi connectivity index (χ2v) is 3.96. The second-order valence-electron chi connectivity index (χ2n) is 3.55. The number of amides is 1. The Hall–Kier alpha value is -1.62. The molecule has 1 amide bonds. The van der Waals surface area contributed by atoms with Crippen LogP contribution in [0.25, 0.3) is 0 Å². The first-order chi connectivity index (χ1) is 7.59. The van der Waals surface area contributed by atoms with Crippen molar-refractivity contribution in [3.8, 4) is 0 Å². The zero-order chi connectivity index (χ0) is 11.7. The fraction of sp³-hybridized carbons (Fsp3) is 0.300.